The zero-order chi connectivity index (χ0) is 20.6. The number of carbonyl (C=O) groups is 2. The topological polar surface area (TPSA) is 117 Å². The van der Waals surface area contributed by atoms with Crippen LogP contribution in [0.3, 0.4) is 0 Å². The van der Waals surface area contributed by atoms with E-state index in [1.54, 1.807) is 20.8 Å². The van der Waals surface area contributed by atoms with E-state index in [1.165, 1.54) is 13.8 Å². The van der Waals surface area contributed by atoms with Crippen molar-refractivity contribution in [3.05, 3.63) is 0 Å². The first-order valence-electron chi connectivity index (χ1n) is 9.67. The lowest BCUT2D eigenvalue weighted by molar-refractivity contribution is -0.234. The molecule has 3 N–H and O–H groups in total. The van der Waals surface area contributed by atoms with Crippen molar-refractivity contribution in [1.82, 2.24) is 0 Å². The van der Waals surface area contributed by atoms with Gasteiger partial charge in [0.05, 0.1) is 11.7 Å². The number of Topliss-reactive ketones (excluding diaryl/α,β-unsaturated/α-hetero) is 1. The predicted octanol–water partition coefficient (Wildman–Crippen LogP) is 1.11. The van der Waals surface area contributed by atoms with Crippen LogP contribution in [-0.4, -0.2) is 61.7 Å². The van der Waals surface area contributed by atoms with Crippen molar-refractivity contribution in [2.75, 3.05) is 0 Å². The Balaban J connectivity index is 1.87. The van der Waals surface area contributed by atoms with E-state index in [2.05, 4.69) is 0 Å². The molecule has 0 aromatic carbocycles. The van der Waals surface area contributed by atoms with Gasteiger partial charge in [0.1, 0.15) is 11.7 Å². The first-order valence-corrected chi connectivity index (χ1v) is 9.67. The quantitative estimate of drug-likeness (QED) is 0.493. The Labute approximate surface area is 160 Å². The highest BCUT2D eigenvalue weighted by Crippen LogP contribution is 2.57. The molecule has 154 valence electrons. The number of fused-ring (bicyclic) bond motifs is 1. The molecule has 0 bridgehead atoms. The van der Waals surface area contributed by atoms with Gasteiger partial charge in [0.15, 0.2) is 17.0 Å². The fraction of sp³-hybridized carbons (Fsp3) is 0.900. The molecule has 0 spiro atoms. The molecule has 3 fully saturated rings. The Morgan fingerprint density at radius 1 is 1.26 bits per heavy atom. The zero-order valence-corrected chi connectivity index (χ0v) is 17.0. The maximum atomic E-state index is 12.7. The Morgan fingerprint density at radius 2 is 1.81 bits per heavy atom. The Hall–Kier alpha value is -1.02. The second-order valence-corrected chi connectivity index (χ2v) is 9.96. The van der Waals surface area contributed by atoms with Gasteiger partial charge in [-0.15, -0.1) is 0 Å². The first kappa shape index (κ1) is 20.7. The van der Waals surface area contributed by atoms with Crippen molar-refractivity contribution >= 4 is 11.8 Å². The molecule has 7 atom stereocenters. The fourth-order valence-corrected chi connectivity index (χ4v) is 5.01. The largest absolute Gasteiger partial charge is 0.457 e. The van der Waals surface area contributed by atoms with Crippen LogP contribution in [0.5, 0.6) is 0 Å². The number of aliphatic hydroxyl groups is 3. The molecule has 2 saturated carbocycles. The third kappa shape index (κ3) is 2.94. The van der Waals surface area contributed by atoms with Crippen LogP contribution in [0.15, 0.2) is 0 Å². The van der Waals surface area contributed by atoms with Crippen LogP contribution in [-0.2, 0) is 19.1 Å². The molecule has 1 heterocycles. The Bertz CT molecular complexity index is 666. The summed E-state index contributed by atoms with van der Waals surface area (Å²) in [4.78, 5) is 25.1. The van der Waals surface area contributed by atoms with E-state index in [0.29, 0.717) is 12.8 Å². The van der Waals surface area contributed by atoms with Gasteiger partial charge in [-0.25, -0.2) is 4.79 Å². The maximum Gasteiger partial charge on any atom is 0.341 e. The second kappa shape index (κ2) is 5.75. The summed E-state index contributed by atoms with van der Waals surface area (Å²) >= 11 is 0. The third-order valence-electron chi connectivity index (χ3n) is 7.51. The van der Waals surface area contributed by atoms with E-state index < -0.39 is 51.6 Å². The van der Waals surface area contributed by atoms with Crippen LogP contribution < -0.4 is 0 Å². The molecule has 0 radical (unpaired) electrons. The predicted molar refractivity (Wildman–Crippen MR) is 95.8 cm³/mol. The fourth-order valence-electron chi connectivity index (χ4n) is 5.01. The van der Waals surface area contributed by atoms with Crippen LogP contribution >= 0.6 is 0 Å². The summed E-state index contributed by atoms with van der Waals surface area (Å²) in [6.45, 7) is 9.75. The van der Waals surface area contributed by atoms with Crippen LogP contribution in [0.25, 0.3) is 0 Å². The highest BCUT2D eigenvalue weighted by Gasteiger charge is 2.65. The summed E-state index contributed by atoms with van der Waals surface area (Å²) in [7, 11) is 0. The van der Waals surface area contributed by atoms with Gasteiger partial charge in [0.25, 0.3) is 0 Å². The molecular weight excluding hydrogens is 352 g/mol. The average molecular weight is 384 g/mol. The highest BCUT2D eigenvalue weighted by atomic mass is 16.7. The number of ether oxygens (including phenoxy) is 2. The number of hydrogen-bond acceptors (Lipinski definition) is 7. The molecule has 0 aromatic rings. The molecule has 1 saturated heterocycles. The molecule has 2 aliphatic carbocycles. The van der Waals surface area contributed by atoms with E-state index in [0.717, 1.165) is 0 Å². The molecule has 2 unspecified atom stereocenters. The van der Waals surface area contributed by atoms with Crippen molar-refractivity contribution in [2.24, 2.45) is 11.3 Å². The van der Waals surface area contributed by atoms with Gasteiger partial charge in [-0.05, 0) is 59.3 Å². The van der Waals surface area contributed by atoms with Gasteiger partial charge in [0, 0.05) is 12.3 Å². The molecule has 3 rings (SSSR count). The minimum Gasteiger partial charge on any atom is -0.457 e. The van der Waals surface area contributed by atoms with Gasteiger partial charge < -0.3 is 24.8 Å². The molecule has 1 aliphatic heterocycles. The van der Waals surface area contributed by atoms with E-state index in [1.807, 2.05) is 6.92 Å². The van der Waals surface area contributed by atoms with Gasteiger partial charge in [0.2, 0.25) is 0 Å². The monoisotopic (exact) mass is 384 g/mol. The number of carbonyl (C=O) groups excluding carboxylic acids is 2. The molecule has 0 aromatic heterocycles. The summed E-state index contributed by atoms with van der Waals surface area (Å²) in [5.74, 6) is -1.43. The van der Waals surface area contributed by atoms with Crippen LogP contribution in [0.1, 0.15) is 67.2 Å². The number of hydrogen-bond donors (Lipinski definition) is 3. The average Bonchev–Trinajstić information content (AvgIpc) is 3.13. The van der Waals surface area contributed by atoms with E-state index >= 15 is 0 Å². The Morgan fingerprint density at radius 3 is 2.30 bits per heavy atom. The summed E-state index contributed by atoms with van der Waals surface area (Å²) in [5.41, 5.74) is -6.55. The van der Waals surface area contributed by atoms with Crippen molar-refractivity contribution in [3.63, 3.8) is 0 Å². The number of esters is 1. The normalized spacial score (nSPS) is 50.1. The zero-order valence-electron chi connectivity index (χ0n) is 17.0. The molecular formula is C20H32O7. The summed E-state index contributed by atoms with van der Waals surface area (Å²) < 4.78 is 11.0. The molecule has 7 nitrogen and oxygen atoms in total. The standard InChI is InChI=1S/C20H32O7/c1-11-19(6,27-11)15(22)26-14-7-8-17(4)10-13(21)20(25,16(2,3)23)9-12(17)18(14,5)24/h11-12,14,23-25H,7-10H2,1-6H3/t11?,12-,14+,17-,18-,19?,20+/m1/s1. The van der Waals surface area contributed by atoms with Crippen molar-refractivity contribution in [1.29, 1.82) is 0 Å². The van der Waals surface area contributed by atoms with Crippen LogP contribution in [0.4, 0.5) is 0 Å². The number of epoxide rings is 1. The molecule has 7 heteroatoms. The minimum atomic E-state index is -1.95. The molecule has 0 amide bonds. The van der Waals surface area contributed by atoms with Gasteiger partial charge in [-0.3, -0.25) is 4.79 Å². The Kier molecular flexibility index (Phi) is 4.41. The smallest absolute Gasteiger partial charge is 0.341 e. The molecule has 27 heavy (non-hydrogen) atoms. The van der Waals surface area contributed by atoms with Crippen molar-refractivity contribution in [2.45, 2.75) is 102 Å². The van der Waals surface area contributed by atoms with Gasteiger partial charge >= 0.3 is 5.97 Å². The maximum absolute atomic E-state index is 12.7. The van der Waals surface area contributed by atoms with E-state index in [4.69, 9.17) is 9.47 Å². The van der Waals surface area contributed by atoms with Gasteiger partial charge in [-0.1, -0.05) is 6.92 Å². The van der Waals surface area contributed by atoms with Crippen molar-refractivity contribution in [3.8, 4) is 0 Å². The van der Waals surface area contributed by atoms with E-state index in [9.17, 15) is 24.9 Å². The first-order chi connectivity index (χ1) is 12.1. The summed E-state index contributed by atoms with van der Waals surface area (Å²) in [5, 5.41) is 32.7. The van der Waals surface area contributed by atoms with Crippen LogP contribution in [0.2, 0.25) is 0 Å². The van der Waals surface area contributed by atoms with Gasteiger partial charge in [-0.2, -0.15) is 0 Å². The van der Waals surface area contributed by atoms with Crippen molar-refractivity contribution < 1.29 is 34.4 Å². The van der Waals surface area contributed by atoms with E-state index in [-0.39, 0.29) is 18.9 Å². The summed E-state index contributed by atoms with van der Waals surface area (Å²) in [6.07, 6.45) is -0.0205. The second-order valence-electron chi connectivity index (χ2n) is 9.96. The lowest BCUT2D eigenvalue weighted by atomic mass is 9.50. The third-order valence-corrected chi connectivity index (χ3v) is 7.51. The molecule has 3 aliphatic rings. The number of rotatable bonds is 3. The highest BCUT2D eigenvalue weighted by molar-refractivity contribution is 5.90. The summed E-state index contributed by atoms with van der Waals surface area (Å²) in [6, 6.07) is 0. The lowest BCUT2D eigenvalue weighted by Gasteiger charge is -2.58. The SMILES string of the molecule is CC1OC1(C)C(=O)O[C@H]1CC[C@]2(C)CC(=O)[C@](O)(C(C)(C)O)C[C@H]2[C@@]1(C)O. The number of ketones is 1. The van der Waals surface area contributed by atoms with Crippen LogP contribution in [0, 0.1) is 11.3 Å². The minimum absolute atomic E-state index is 0.0623. The lowest BCUT2D eigenvalue weighted by Crippen LogP contribution is -2.68.